The van der Waals surface area contributed by atoms with Crippen molar-refractivity contribution >= 4 is 17.6 Å². The molecule has 28 heavy (non-hydrogen) atoms. The highest BCUT2D eigenvalue weighted by Crippen LogP contribution is 2.40. The van der Waals surface area contributed by atoms with Gasteiger partial charge in [-0.2, -0.15) is 5.26 Å². The normalized spacial score (nSPS) is 24.4. The van der Waals surface area contributed by atoms with E-state index in [4.69, 9.17) is 9.73 Å². The lowest BCUT2D eigenvalue weighted by Crippen LogP contribution is -2.60. The number of rotatable bonds is 2. The van der Waals surface area contributed by atoms with Crippen LogP contribution in [-0.2, 0) is 4.79 Å². The average Bonchev–Trinajstić information content (AvgIpc) is 2.74. The smallest absolute Gasteiger partial charge is 0.246 e. The van der Waals surface area contributed by atoms with Crippen LogP contribution in [0.3, 0.4) is 0 Å². The first-order valence-corrected chi connectivity index (χ1v) is 10.1. The quantitative estimate of drug-likeness (QED) is 0.849. The first-order valence-electron chi connectivity index (χ1n) is 10.1. The van der Waals surface area contributed by atoms with Gasteiger partial charge < -0.3 is 14.5 Å². The summed E-state index contributed by atoms with van der Waals surface area (Å²) in [4.78, 5) is 22.1. The van der Waals surface area contributed by atoms with E-state index < -0.39 is 11.5 Å². The fourth-order valence-corrected chi connectivity index (χ4v) is 4.61. The summed E-state index contributed by atoms with van der Waals surface area (Å²) in [7, 11) is 1.68. The molecule has 148 valence electrons. The molecule has 1 aromatic carbocycles. The van der Waals surface area contributed by atoms with E-state index in [0.717, 1.165) is 69.7 Å². The topological polar surface area (TPSA) is 81.0 Å². The summed E-state index contributed by atoms with van der Waals surface area (Å²) >= 11 is 0. The maximum absolute atomic E-state index is 12.6. The molecule has 1 spiro atoms. The molecule has 1 unspecified atom stereocenters. The Hall–Kier alpha value is -2.75. The van der Waals surface area contributed by atoms with Gasteiger partial charge >= 0.3 is 0 Å². The van der Waals surface area contributed by atoms with Crippen LogP contribution in [0.2, 0.25) is 0 Å². The molecule has 3 aliphatic rings. The van der Waals surface area contributed by atoms with E-state index in [1.807, 2.05) is 18.2 Å². The Kier molecular flexibility index (Phi) is 5.12. The maximum Gasteiger partial charge on any atom is 0.246 e. The lowest BCUT2D eigenvalue weighted by molar-refractivity contribution is -0.125. The molecule has 2 heterocycles. The highest BCUT2D eigenvalue weighted by atomic mass is 16.5. The number of carbonyl (C=O) groups is 1. The zero-order valence-electron chi connectivity index (χ0n) is 16.4. The molecule has 7 nitrogen and oxygen atoms in total. The van der Waals surface area contributed by atoms with Crippen LogP contribution < -0.4 is 15.0 Å². The number of piperazine rings is 1. The number of hydrogen-bond donors (Lipinski definition) is 1. The van der Waals surface area contributed by atoms with Crippen molar-refractivity contribution in [2.75, 3.05) is 38.2 Å². The van der Waals surface area contributed by atoms with E-state index in [1.165, 1.54) is 0 Å². The van der Waals surface area contributed by atoms with Crippen LogP contribution in [0.5, 0.6) is 5.75 Å². The monoisotopic (exact) mass is 381 g/mol. The molecule has 1 aromatic rings. The number of anilines is 1. The molecule has 4 rings (SSSR count). The van der Waals surface area contributed by atoms with Crippen LogP contribution in [0.1, 0.15) is 32.1 Å². The van der Waals surface area contributed by atoms with Crippen LogP contribution in [-0.4, -0.2) is 55.6 Å². The number of carbonyl (C=O) groups excluding carboxylic acids is 1. The van der Waals surface area contributed by atoms with Crippen molar-refractivity contribution in [1.82, 2.24) is 10.2 Å². The number of benzene rings is 1. The SMILES string of the molecule is COc1cccc(N2CCN(C3=NC4(CCCCC4)C(C#N)C(=O)N3)CC2)c1. The van der Waals surface area contributed by atoms with Crippen molar-refractivity contribution in [3.05, 3.63) is 24.3 Å². The molecular formula is C21H27N5O2. The van der Waals surface area contributed by atoms with Gasteiger partial charge in [-0.1, -0.05) is 25.3 Å². The molecule has 1 aliphatic carbocycles. The van der Waals surface area contributed by atoms with E-state index in [2.05, 4.69) is 27.3 Å². The highest BCUT2D eigenvalue weighted by molar-refractivity contribution is 6.02. The van der Waals surface area contributed by atoms with Crippen molar-refractivity contribution in [3.8, 4) is 11.8 Å². The molecule has 1 N–H and O–H groups in total. The van der Waals surface area contributed by atoms with Gasteiger partial charge in [0.25, 0.3) is 0 Å². The summed E-state index contributed by atoms with van der Waals surface area (Å²) in [6.45, 7) is 3.25. The van der Waals surface area contributed by atoms with Crippen LogP contribution >= 0.6 is 0 Å². The Bertz CT molecular complexity index is 801. The second kappa shape index (κ2) is 7.70. The van der Waals surface area contributed by atoms with Crippen molar-refractivity contribution < 1.29 is 9.53 Å². The first kappa shape index (κ1) is 18.6. The number of nitrogens with zero attached hydrogens (tertiary/aromatic N) is 4. The molecule has 7 heteroatoms. The maximum atomic E-state index is 12.6. The van der Waals surface area contributed by atoms with Crippen LogP contribution in [0.4, 0.5) is 5.69 Å². The number of amides is 1. The summed E-state index contributed by atoms with van der Waals surface area (Å²) in [5.74, 6) is 0.647. The van der Waals surface area contributed by atoms with Gasteiger partial charge in [0.2, 0.25) is 11.9 Å². The Labute approximate surface area is 166 Å². The molecule has 1 atom stereocenters. The fourth-order valence-electron chi connectivity index (χ4n) is 4.61. The predicted octanol–water partition coefficient (Wildman–Crippen LogP) is 2.15. The Morgan fingerprint density at radius 2 is 1.89 bits per heavy atom. The summed E-state index contributed by atoms with van der Waals surface area (Å²) in [6.07, 6.45) is 4.88. The van der Waals surface area contributed by atoms with Gasteiger partial charge in [-0.3, -0.25) is 10.1 Å². The number of nitrogens with one attached hydrogen (secondary N) is 1. The van der Waals surface area contributed by atoms with E-state index in [0.29, 0.717) is 5.96 Å². The van der Waals surface area contributed by atoms with Gasteiger partial charge in [-0.25, -0.2) is 4.99 Å². The predicted molar refractivity (Wildman–Crippen MR) is 107 cm³/mol. The minimum Gasteiger partial charge on any atom is -0.497 e. The second-order valence-electron chi connectivity index (χ2n) is 7.83. The zero-order chi connectivity index (χ0) is 19.6. The van der Waals surface area contributed by atoms with E-state index in [-0.39, 0.29) is 5.91 Å². The number of ether oxygens (including phenoxy) is 1. The zero-order valence-corrected chi connectivity index (χ0v) is 16.4. The number of nitriles is 1. The third-order valence-electron chi connectivity index (χ3n) is 6.21. The second-order valence-corrected chi connectivity index (χ2v) is 7.83. The molecule has 0 radical (unpaired) electrons. The third-order valence-corrected chi connectivity index (χ3v) is 6.21. The molecule has 0 bridgehead atoms. The Balaban J connectivity index is 1.49. The molecule has 2 fully saturated rings. The van der Waals surface area contributed by atoms with E-state index in [9.17, 15) is 10.1 Å². The lowest BCUT2D eigenvalue weighted by Gasteiger charge is -2.44. The van der Waals surface area contributed by atoms with E-state index in [1.54, 1.807) is 7.11 Å². The van der Waals surface area contributed by atoms with Crippen LogP contribution in [0, 0.1) is 17.2 Å². The first-order chi connectivity index (χ1) is 13.6. The highest BCUT2D eigenvalue weighted by Gasteiger charge is 2.48. The van der Waals surface area contributed by atoms with Crippen LogP contribution in [0.25, 0.3) is 0 Å². The molecular weight excluding hydrogens is 354 g/mol. The fraction of sp³-hybridized carbons (Fsp3) is 0.571. The van der Waals surface area contributed by atoms with Gasteiger partial charge in [0.05, 0.1) is 18.7 Å². The summed E-state index contributed by atoms with van der Waals surface area (Å²) < 4.78 is 5.33. The number of methoxy groups -OCH3 is 1. The standard InChI is InChI=1S/C21H27N5O2/c1-28-17-7-5-6-16(14-17)25-10-12-26(13-11-25)20-23-19(27)18(15-22)21(24-20)8-3-2-4-9-21/h5-7,14,18H,2-4,8-13H2,1H3,(H,23,24,27). The molecule has 1 saturated heterocycles. The molecule has 1 saturated carbocycles. The van der Waals surface area contributed by atoms with Crippen molar-refractivity contribution in [2.24, 2.45) is 10.9 Å². The third kappa shape index (κ3) is 3.39. The van der Waals surface area contributed by atoms with Gasteiger partial charge in [0, 0.05) is 37.9 Å². The molecule has 2 aliphatic heterocycles. The summed E-state index contributed by atoms with van der Waals surface area (Å²) in [6, 6.07) is 10.3. The van der Waals surface area contributed by atoms with Gasteiger partial charge in [-0.15, -0.1) is 0 Å². The minimum absolute atomic E-state index is 0.190. The lowest BCUT2D eigenvalue weighted by atomic mass is 9.72. The Morgan fingerprint density at radius 1 is 1.18 bits per heavy atom. The number of hydrogen-bond acceptors (Lipinski definition) is 6. The largest absolute Gasteiger partial charge is 0.497 e. The molecule has 0 aromatic heterocycles. The number of aliphatic imine (C=N–C) groups is 1. The number of guanidine groups is 1. The van der Waals surface area contributed by atoms with Gasteiger partial charge in [0.15, 0.2) is 5.92 Å². The Morgan fingerprint density at radius 3 is 2.57 bits per heavy atom. The summed E-state index contributed by atoms with van der Waals surface area (Å²) in [5, 5.41) is 12.5. The van der Waals surface area contributed by atoms with E-state index >= 15 is 0 Å². The average molecular weight is 381 g/mol. The van der Waals surface area contributed by atoms with Crippen LogP contribution in [0.15, 0.2) is 29.3 Å². The minimum atomic E-state index is -0.672. The summed E-state index contributed by atoms with van der Waals surface area (Å²) in [5.41, 5.74) is 0.608. The van der Waals surface area contributed by atoms with Crippen molar-refractivity contribution in [3.63, 3.8) is 0 Å². The van der Waals surface area contributed by atoms with Gasteiger partial charge in [-0.05, 0) is 25.0 Å². The molecule has 1 amide bonds. The van der Waals surface area contributed by atoms with Crippen molar-refractivity contribution in [2.45, 2.75) is 37.6 Å². The van der Waals surface area contributed by atoms with Gasteiger partial charge in [0.1, 0.15) is 5.75 Å². The van der Waals surface area contributed by atoms with Crippen molar-refractivity contribution in [1.29, 1.82) is 5.26 Å².